The lowest BCUT2D eigenvalue weighted by Gasteiger charge is -2.21. The average Bonchev–Trinajstić information content (AvgIpc) is 2.36. The van der Waals surface area contributed by atoms with Gasteiger partial charge in [0.05, 0.1) is 12.1 Å². The number of pyridine rings is 1. The van der Waals surface area contributed by atoms with Crippen LogP contribution < -0.4 is 5.32 Å². The number of rotatable bonds is 5. The minimum atomic E-state index is -2.59. The van der Waals surface area contributed by atoms with E-state index in [1.54, 1.807) is 13.0 Å². The molecule has 0 aliphatic heterocycles. The van der Waals surface area contributed by atoms with Crippen molar-refractivity contribution in [3.8, 4) is 0 Å². The number of carbonyl (C=O) groups excluding carboxylic acids is 1. The Morgan fingerprint density at radius 1 is 1.56 bits per heavy atom. The molecule has 0 bridgehead atoms. The Bertz CT molecular complexity index is 405. The van der Waals surface area contributed by atoms with Gasteiger partial charge in [0.15, 0.2) is 0 Å². The van der Waals surface area contributed by atoms with Gasteiger partial charge in [-0.1, -0.05) is 13.0 Å². The van der Waals surface area contributed by atoms with Gasteiger partial charge in [-0.05, 0) is 19.4 Å². The Hall–Kier alpha value is -1.56. The van der Waals surface area contributed by atoms with Gasteiger partial charge in [-0.25, -0.2) is 8.78 Å². The van der Waals surface area contributed by atoms with E-state index in [-0.39, 0.29) is 5.69 Å². The first-order valence-corrected chi connectivity index (χ1v) is 5.62. The van der Waals surface area contributed by atoms with Crippen molar-refractivity contribution >= 4 is 5.91 Å². The maximum Gasteiger partial charge on any atom is 0.270 e. The zero-order valence-electron chi connectivity index (χ0n) is 10.3. The molecule has 0 aliphatic rings. The minimum absolute atomic E-state index is 0.0475. The average molecular weight is 258 g/mol. The molecule has 1 aromatic heterocycles. The highest BCUT2D eigenvalue weighted by atomic mass is 19.3. The number of aromatic nitrogens is 1. The minimum Gasteiger partial charge on any atom is -0.385 e. The van der Waals surface area contributed by atoms with Crippen LogP contribution in [0.2, 0.25) is 0 Å². The highest BCUT2D eigenvalue weighted by Crippen LogP contribution is 2.23. The third-order valence-corrected chi connectivity index (χ3v) is 2.72. The second-order valence-corrected chi connectivity index (χ2v) is 4.16. The number of aliphatic hydroxyl groups is 1. The topological polar surface area (TPSA) is 62.2 Å². The molecule has 0 radical (unpaired) electrons. The molecule has 1 rings (SSSR count). The molecule has 6 heteroatoms. The Kier molecular flexibility index (Phi) is 4.72. The highest BCUT2D eigenvalue weighted by molar-refractivity contribution is 5.92. The van der Waals surface area contributed by atoms with Crippen LogP contribution in [-0.2, 0) is 5.60 Å². The molecule has 18 heavy (non-hydrogen) atoms. The molecule has 100 valence electrons. The number of halogens is 2. The molecule has 1 aromatic rings. The summed E-state index contributed by atoms with van der Waals surface area (Å²) in [5, 5.41) is 12.0. The normalized spacial score (nSPS) is 14.3. The molecule has 0 saturated carbocycles. The third-order valence-electron chi connectivity index (χ3n) is 2.72. The Labute approximate surface area is 104 Å². The first-order valence-electron chi connectivity index (χ1n) is 5.62. The summed E-state index contributed by atoms with van der Waals surface area (Å²) in [7, 11) is 0. The molecule has 0 spiro atoms. The largest absolute Gasteiger partial charge is 0.385 e. The predicted molar refractivity (Wildman–Crippen MR) is 62.4 cm³/mol. The molecule has 2 N–H and O–H groups in total. The van der Waals surface area contributed by atoms with Crippen molar-refractivity contribution in [2.45, 2.75) is 32.3 Å². The molecule has 0 aliphatic carbocycles. The fourth-order valence-electron chi connectivity index (χ4n) is 1.31. The van der Waals surface area contributed by atoms with E-state index in [0.29, 0.717) is 12.0 Å². The monoisotopic (exact) mass is 258 g/mol. The van der Waals surface area contributed by atoms with Crippen molar-refractivity contribution in [2.75, 3.05) is 6.54 Å². The van der Waals surface area contributed by atoms with Gasteiger partial charge < -0.3 is 10.4 Å². The van der Waals surface area contributed by atoms with Gasteiger partial charge in [0.2, 0.25) is 0 Å². The lowest BCUT2D eigenvalue weighted by molar-refractivity contribution is 0.0526. The van der Waals surface area contributed by atoms with Gasteiger partial charge >= 0.3 is 0 Å². The van der Waals surface area contributed by atoms with Crippen LogP contribution in [0.3, 0.4) is 0 Å². The van der Waals surface area contributed by atoms with Gasteiger partial charge in [0.1, 0.15) is 5.69 Å². The molecule has 0 aromatic carbocycles. The van der Waals surface area contributed by atoms with Crippen molar-refractivity contribution in [1.29, 1.82) is 0 Å². The summed E-state index contributed by atoms with van der Waals surface area (Å²) in [6, 6.07) is 2.97. The number of nitrogens with zero attached hydrogens (tertiary/aromatic N) is 1. The van der Waals surface area contributed by atoms with Crippen LogP contribution in [0.4, 0.5) is 8.78 Å². The first kappa shape index (κ1) is 14.5. The lowest BCUT2D eigenvalue weighted by Crippen LogP contribution is -2.29. The van der Waals surface area contributed by atoms with E-state index >= 15 is 0 Å². The summed E-state index contributed by atoms with van der Waals surface area (Å²) in [5.41, 5.74) is -0.382. The van der Waals surface area contributed by atoms with Crippen LogP contribution in [0.1, 0.15) is 36.3 Å². The number of hydrogen-bond acceptors (Lipinski definition) is 3. The molecule has 1 heterocycles. The van der Waals surface area contributed by atoms with E-state index in [1.807, 2.05) is 6.92 Å². The molecule has 4 nitrogen and oxygen atoms in total. The fraction of sp³-hybridized carbons (Fsp3) is 0.500. The van der Waals surface area contributed by atoms with Crippen molar-refractivity contribution in [2.24, 2.45) is 0 Å². The van der Waals surface area contributed by atoms with Crippen molar-refractivity contribution < 1.29 is 18.7 Å². The van der Waals surface area contributed by atoms with Gasteiger partial charge in [0, 0.05) is 11.8 Å². The van der Waals surface area contributed by atoms with Crippen LogP contribution in [0, 0.1) is 0 Å². The van der Waals surface area contributed by atoms with E-state index in [4.69, 9.17) is 0 Å². The maximum absolute atomic E-state index is 11.9. The van der Waals surface area contributed by atoms with Crippen LogP contribution in [-0.4, -0.2) is 29.0 Å². The summed E-state index contributed by atoms with van der Waals surface area (Å²) in [5.74, 6) is -0.655. The molecule has 0 saturated heterocycles. The number of carbonyl (C=O) groups is 1. The molecule has 0 fully saturated rings. The van der Waals surface area contributed by atoms with Crippen molar-refractivity contribution in [3.05, 3.63) is 29.6 Å². The van der Waals surface area contributed by atoms with Gasteiger partial charge in [-0.15, -0.1) is 0 Å². The van der Waals surface area contributed by atoms with E-state index in [1.165, 1.54) is 12.3 Å². The Balaban J connectivity index is 2.74. The van der Waals surface area contributed by atoms with Crippen molar-refractivity contribution in [3.63, 3.8) is 0 Å². The van der Waals surface area contributed by atoms with E-state index in [0.717, 1.165) is 0 Å². The van der Waals surface area contributed by atoms with E-state index in [2.05, 4.69) is 10.3 Å². The fourth-order valence-corrected chi connectivity index (χ4v) is 1.31. The summed E-state index contributed by atoms with van der Waals surface area (Å²) in [6.45, 7) is 2.76. The summed E-state index contributed by atoms with van der Waals surface area (Å²) in [4.78, 5) is 15.3. The summed E-state index contributed by atoms with van der Waals surface area (Å²) in [6.07, 6.45) is -0.708. The predicted octanol–water partition coefficient (Wildman–Crippen LogP) is 1.69. The highest BCUT2D eigenvalue weighted by Gasteiger charge is 2.21. The second kappa shape index (κ2) is 5.86. The standard InChI is InChI=1S/C12H16F2N2O2/c1-3-12(2,18)8-4-5-9(15-6-8)11(17)16-7-10(13)14/h4-6,10,18H,3,7H2,1-2H3,(H,16,17). The van der Waals surface area contributed by atoms with Gasteiger partial charge in [0.25, 0.3) is 12.3 Å². The molecular formula is C12H16F2N2O2. The first-order chi connectivity index (χ1) is 8.36. The van der Waals surface area contributed by atoms with E-state index in [9.17, 15) is 18.7 Å². The second-order valence-electron chi connectivity index (χ2n) is 4.16. The zero-order chi connectivity index (χ0) is 13.8. The van der Waals surface area contributed by atoms with E-state index < -0.39 is 24.5 Å². The molecule has 1 amide bonds. The Morgan fingerprint density at radius 3 is 2.67 bits per heavy atom. The number of hydrogen-bond donors (Lipinski definition) is 2. The molecule has 1 atom stereocenters. The number of amides is 1. The molecule has 1 unspecified atom stereocenters. The van der Waals surface area contributed by atoms with Crippen LogP contribution in [0.25, 0.3) is 0 Å². The van der Waals surface area contributed by atoms with Crippen molar-refractivity contribution in [1.82, 2.24) is 10.3 Å². The quantitative estimate of drug-likeness (QED) is 0.845. The number of nitrogens with one attached hydrogen (secondary N) is 1. The third kappa shape index (κ3) is 3.73. The lowest BCUT2D eigenvalue weighted by atomic mass is 9.95. The van der Waals surface area contributed by atoms with Gasteiger partial charge in [-0.3, -0.25) is 9.78 Å². The van der Waals surface area contributed by atoms with Gasteiger partial charge in [-0.2, -0.15) is 0 Å². The number of alkyl halides is 2. The van der Waals surface area contributed by atoms with Crippen LogP contribution >= 0.6 is 0 Å². The van der Waals surface area contributed by atoms with Crippen LogP contribution in [0.15, 0.2) is 18.3 Å². The molecular weight excluding hydrogens is 242 g/mol. The zero-order valence-corrected chi connectivity index (χ0v) is 10.3. The van der Waals surface area contributed by atoms with Crippen LogP contribution in [0.5, 0.6) is 0 Å². The summed E-state index contributed by atoms with van der Waals surface area (Å²) < 4.78 is 23.8. The Morgan fingerprint density at radius 2 is 2.22 bits per heavy atom. The smallest absolute Gasteiger partial charge is 0.270 e. The maximum atomic E-state index is 11.9. The summed E-state index contributed by atoms with van der Waals surface area (Å²) >= 11 is 0. The SMILES string of the molecule is CCC(C)(O)c1ccc(C(=O)NCC(F)F)nc1.